The molecular formula is C28H30FN5O3. The molecule has 0 aliphatic carbocycles. The van der Waals surface area contributed by atoms with Crippen LogP contribution in [-0.4, -0.2) is 79.4 Å². The predicted molar refractivity (Wildman–Crippen MR) is 141 cm³/mol. The summed E-state index contributed by atoms with van der Waals surface area (Å²) < 4.78 is 14.1. The second-order valence-corrected chi connectivity index (χ2v) is 9.39. The summed E-state index contributed by atoms with van der Waals surface area (Å²) in [5.74, 6) is -1.08. The molecule has 3 amide bonds. The highest BCUT2D eigenvalue weighted by Crippen LogP contribution is 2.24. The lowest BCUT2D eigenvalue weighted by Crippen LogP contribution is -2.60. The van der Waals surface area contributed by atoms with Crippen LogP contribution in [0.3, 0.4) is 0 Å². The molecule has 3 aromatic rings. The summed E-state index contributed by atoms with van der Waals surface area (Å²) in [6.45, 7) is 3.27. The van der Waals surface area contributed by atoms with Gasteiger partial charge in [0.1, 0.15) is 11.9 Å². The zero-order valence-corrected chi connectivity index (χ0v) is 20.5. The molecule has 0 radical (unpaired) electrons. The molecule has 0 bridgehead atoms. The summed E-state index contributed by atoms with van der Waals surface area (Å²) in [5, 5.41) is 7.61. The minimum Gasteiger partial charge on any atom is -0.367 e. The molecule has 1 atom stereocenters. The second-order valence-electron chi connectivity index (χ2n) is 9.39. The fourth-order valence-electron chi connectivity index (χ4n) is 5.06. The maximum absolute atomic E-state index is 14.1. The van der Waals surface area contributed by atoms with E-state index in [0.717, 1.165) is 10.8 Å². The Morgan fingerprint density at radius 2 is 1.65 bits per heavy atom. The Balaban J connectivity index is 1.20. The lowest BCUT2D eigenvalue weighted by molar-refractivity contribution is -0.145. The normalized spacial score (nSPS) is 18.5. The number of carbonyl (C=O) groups is 3. The minimum absolute atomic E-state index is 0.123. The number of halogens is 1. The maximum Gasteiger partial charge on any atom is 0.243 e. The molecule has 8 nitrogen and oxygen atoms in total. The molecular weight excluding hydrogens is 473 g/mol. The molecule has 0 saturated carbocycles. The van der Waals surface area contributed by atoms with Crippen molar-refractivity contribution in [1.82, 2.24) is 15.1 Å². The number of rotatable bonds is 6. The summed E-state index contributed by atoms with van der Waals surface area (Å²) in [4.78, 5) is 44.4. The van der Waals surface area contributed by atoms with Gasteiger partial charge in [-0.05, 0) is 23.6 Å². The predicted octanol–water partition coefficient (Wildman–Crippen LogP) is 2.46. The first-order chi connectivity index (χ1) is 18.0. The molecule has 2 heterocycles. The molecule has 0 aromatic heterocycles. The van der Waals surface area contributed by atoms with Gasteiger partial charge in [-0.25, -0.2) is 4.39 Å². The molecule has 37 heavy (non-hydrogen) atoms. The Hall–Kier alpha value is -3.98. The number of nitrogens with zero attached hydrogens (tertiary/aromatic N) is 3. The highest BCUT2D eigenvalue weighted by Gasteiger charge is 2.35. The zero-order valence-electron chi connectivity index (χ0n) is 20.5. The van der Waals surface area contributed by atoms with Crippen molar-refractivity contribution in [2.75, 3.05) is 56.0 Å². The minimum atomic E-state index is -0.865. The van der Waals surface area contributed by atoms with Gasteiger partial charge in [-0.2, -0.15) is 0 Å². The Bertz CT molecular complexity index is 1300. The summed E-state index contributed by atoms with van der Waals surface area (Å²) >= 11 is 0. The quantitative estimate of drug-likeness (QED) is 0.540. The first kappa shape index (κ1) is 24.7. The Kier molecular flexibility index (Phi) is 7.32. The van der Waals surface area contributed by atoms with E-state index < -0.39 is 6.04 Å². The summed E-state index contributed by atoms with van der Waals surface area (Å²) in [6.07, 6.45) is -0.123. The van der Waals surface area contributed by atoms with Crippen LogP contribution in [0.1, 0.15) is 6.42 Å². The van der Waals surface area contributed by atoms with Crippen molar-refractivity contribution in [3.63, 3.8) is 0 Å². The van der Waals surface area contributed by atoms with E-state index in [1.165, 1.54) is 11.0 Å². The van der Waals surface area contributed by atoms with Crippen LogP contribution in [-0.2, 0) is 14.4 Å². The van der Waals surface area contributed by atoms with Crippen molar-refractivity contribution in [3.05, 3.63) is 72.5 Å². The van der Waals surface area contributed by atoms with E-state index in [4.69, 9.17) is 0 Å². The number of hydrogen-bond donors (Lipinski definition) is 2. The van der Waals surface area contributed by atoms with Crippen LogP contribution in [0.15, 0.2) is 66.7 Å². The Morgan fingerprint density at radius 3 is 2.46 bits per heavy atom. The third-order valence-electron chi connectivity index (χ3n) is 7.02. The summed E-state index contributed by atoms with van der Waals surface area (Å²) in [7, 11) is 0. The van der Waals surface area contributed by atoms with Crippen molar-refractivity contribution in [2.24, 2.45) is 0 Å². The van der Waals surface area contributed by atoms with Crippen LogP contribution in [0.2, 0.25) is 0 Å². The lowest BCUT2D eigenvalue weighted by Gasteiger charge is -2.39. The van der Waals surface area contributed by atoms with E-state index in [0.29, 0.717) is 50.6 Å². The van der Waals surface area contributed by atoms with Gasteiger partial charge in [0.2, 0.25) is 17.7 Å². The Morgan fingerprint density at radius 1 is 0.919 bits per heavy atom. The van der Waals surface area contributed by atoms with Gasteiger partial charge in [0.25, 0.3) is 0 Å². The van der Waals surface area contributed by atoms with Gasteiger partial charge in [-0.15, -0.1) is 0 Å². The molecule has 3 aromatic carbocycles. The van der Waals surface area contributed by atoms with Gasteiger partial charge in [0.05, 0.1) is 18.7 Å². The fourth-order valence-corrected chi connectivity index (χ4v) is 5.06. The maximum atomic E-state index is 14.1. The smallest absolute Gasteiger partial charge is 0.243 e. The fraction of sp³-hybridized carbons (Fsp3) is 0.321. The number of carbonyl (C=O) groups excluding carboxylic acids is 3. The highest BCUT2D eigenvalue weighted by molar-refractivity contribution is 6.04. The van der Waals surface area contributed by atoms with Crippen LogP contribution in [0.25, 0.3) is 10.8 Å². The molecule has 0 spiro atoms. The molecule has 192 valence electrons. The van der Waals surface area contributed by atoms with Crippen molar-refractivity contribution < 1.29 is 18.8 Å². The SMILES string of the molecule is O=C(CC1C(=O)NCCN1C(=O)CN1CCN(c2ccccc2F)CC1)Nc1cccc2ccccc12. The molecule has 2 N–H and O–H groups in total. The Labute approximate surface area is 215 Å². The molecule has 2 aliphatic rings. The molecule has 5 rings (SSSR count). The van der Waals surface area contributed by atoms with Gasteiger partial charge >= 0.3 is 0 Å². The number of piperazine rings is 2. The third kappa shape index (κ3) is 5.56. The van der Waals surface area contributed by atoms with Gasteiger partial charge in [0, 0.05) is 50.3 Å². The van der Waals surface area contributed by atoms with Gasteiger partial charge in [0.15, 0.2) is 0 Å². The average molecular weight is 504 g/mol. The first-order valence-electron chi connectivity index (χ1n) is 12.6. The summed E-state index contributed by atoms with van der Waals surface area (Å²) in [6, 6.07) is 19.2. The topological polar surface area (TPSA) is 85.0 Å². The van der Waals surface area contributed by atoms with Crippen molar-refractivity contribution in [3.8, 4) is 0 Å². The van der Waals surface area contributed by atoms with E-state index in [-0.39, 0.29) is 36.5 Å². The number of para-hydroxylation sites is 1. The zero-order chi connectivity index (χ0) is 25.8. The molecule has 2 aliphatic heterocycles. The van der Waals surface area contributed by atoms with E-state index >= 15 is 0 Å². The number of nitrogens with one attached hydrogen (secondary N) is 2. The van der Waals surface area contributed by atoms with Crippen molar-refractivity contribution in [2.45, 2.75) is 12.5 Å². The van der Waals surface area contributed by atoms with E-state index in [1.807, 2.05) is 58.3 Å². The van der Waals surface area contributed by atoms with Gasteiger partial charge < -0.3 is 20.4 Å². The van der Waals surface area contributed by atoms with Gasteiger partial charge in [-0.1, -0.05) is 48.5 Å². The molecule has 1 unspecified atom stereocenters. The highest BCUT2D eigenvalue weighted by atomic mass is 19.1. The number of anilines is 2. The molecule has 9 heteroatoms. The van der Waals surface area contributed by atoms with Crippen molar-refractivity contribution >= 4 is 39.9 Å². The average Bonchev–Trinajstić information content (AvgIpc) is 2.91. The van der Waals surface area contributed by atoms with Crippen molar-refractivity contribution in [1.29, 1.82) is 0 Å². The molecule has 2 fully saturated rings. The molecule has 2 saturated heterocycles. The monoisotopic (exact) mass is 503 g/mol. The number of fused-ring (bicyclic) bond motifs is 1. The first-order valence-corrected chi connectivity index (χ1v) is 12.6. The summed E-state index contributed by atoms with van der Waals surface area (Å²) in [5.41, 5.74) is 1.24. The third-order valence-corrected chi connectivity index (χ3v) is 7.02. The number of hydrogen-bond acceptors (Lipinski definition) is 5. The van der Waals surface area contributed by atoms with Gasteiger partial charge in [-0.3, -0.25) is 19.3 Å². The lowest BCUT2D eigenvalue weighted by atomic mass is 10.1. The van der Waals surface area contributed by atoms with Crippen LogP contribution in [0.4, 0.5) is 15.8 Å². The standard InChI is InChI=1S/C28H30FN5O3/c29-22-9-3-4-11-24(22)33-16-14-32(15-17-33)19-27(36)34-13-12-30-28(37)25(34)18-26(35)31-23-10-5-7-20-6-1-2-8-21(20)23/h1-11,25H,12-19H2,(H,30,37)(H,31,35). The number of amides is 3. The van der Waals surface area contributed by atoms with Crippen LogP contribution >= 0.6 is 0 Å². The van der Waals surface area contributed by atoms with Crippen LogP contribution < -0.4 is 15.5 Å². The van der Waals surface area contributed by atoms with Crippen LogP contribution in [0, 0.1) is 5.82 Å². The van der Waals surface area contributed by atoms with E-state index in [9.17, 15) is 18.8 Å². The van der Waals surface area contributed by atoms with Crippen LogP contribution in [0.5, 0.6) is 0 Å². The van der Waals surface area contributed by atoms with E-state index in [1.54, 1.807) is 12.1 Å². The van der Waals surface area contributed by atoms with E-state index in [2.05, 4.69) is 10.6 Å². The number of benzene rings is 3. The largest absolute Gasteiger partial charge is 0.367 e. The second kappa shape index (κ2) is 11.0.